The highest BCUT2D eigenvalue weighted by atomic mass is 35.5. The zero-order valence-electron chi connectivity index (χ0n) is 20.9. The smallest absolute Gasteiger partial charge is 0.343 e. The summed E-state index contributed by atoms with van der Waals surface area (Å²) in [6.07, 6.45) is 2.92. The Kier molecular flexibility index (Phi) is 8.96. The quantitative estimate of drug-likeness (QED) is 0.204. The first-order valence-corrected chi connectivity index (χ1v) is 12.9. The van der Waals surface area contributed by atoms with Crippen molar-refractivity contribution in [3.05, 3.63) is 117 Å². The molecule has 0 radical (unpaired) electrons. The van der Waals surface area contributed by atoms with Gasteiger partial charge in [-0.15, -0.1) is 23.7 Å². The average molecular weight is 571 g/mol. The minimum Gasteiger partial charge on any atom is -0.468 e. The number of ether oxygens (including phenoxy) is 1. The van der Waals surface area contributed by atoms with E-state index in [1.165, 1.54) is 35.7 Å². The molecule has 5 aromatic rings. The number of nitrogens with one attached hydrogen (secondary N) is 1. The number of hydrogen-bond donors (Lipinski definition) is 1. The summed E-state index contributed by atoms with van der Waals surface area (Å²) in [7, 11) is 0. The lowest BCUT2D eigenvalue weighted by Gasteiger charge is -2.13. The Hall–Kier alpha value is -3.79. The maximum absolute atomic E-state index is 14.6. The number of esters is 1. The number of nitrogens with zero attached hydrogens (tertiary/aromatic N) is 1. The number of pyridine rings is 1. The molecule has 0 fully saturated rings. The van der Waals surface area contributed by atoms with Gasteiger partial charge in [0.05, 0.1) is 31.3 Å². The molecular formula is C29H25ClF2N2O4S. The van der Waals surface area contributed by atoms with Gasteiger partial charge in [0.2, 0.25) is 5.43 Å². The molecule has 0 aliphatic heterocycles. The highest BCUT2D eigenvalue weighted by molar-refractivity contribution is 7.22. The highest BCUT2D eigenvalue weighted by Gasteiger charge is 2.24. The van der Waals surface area contributed by atoms with Gasteiger partial charge in [0.15, 0.2) is 0 Å². The standard InChI is InChI=1S/C29H24F2N2O4S.ClH/c1-2-36-29(35)22-17-33(16-21-23(30)11-6-12-24(21)31)28-25(26(22)34)20(15-32-14-19-10-7-13-37-19)27(38-28)18-8-4-3-5-9-18;/h3-13,17,32H,2,14-16H2,1H3;1H. The van der Waals surface area contributed by atoms with Crippen LogP contribution in [0.2, 0.25) is 0 Å². The molecule has 3 aromatic heterocycles. The summed E-state index contributed by atoms with van der Waals surface area (Å²) in [5.74, 6) is -1.49. The molecule has 0 bridgehead atoms. The largest absolute Gasteiger partial charge is 0.468 e. The Balaban J connectivity index is 0.00000353. The number of carbonyl (C=O) groups excluding carboxylic acids is 1. The van der Waals surface area contributed by atoms with E-state index in [4.69, 9.17) is 9.15 Å². The summed E-state index contributed by atoms with van der Waals surface area (Å²) in [6, 6.07) is 16.8. The van der Waals surface area contributed by atoms with Crippen LogP contribution in [-0.2, 0) is 24.4 Å². The van der Waals surface area contributed by atoms with E-state index in [1.54, 1.807) is 23.8 Å². The van der Waals surface area contributed by atoms with Gasteiger partial charge in [-0.1, -0.05) is 36.4 Å². The van der Waals surface area contributed by atoms with Gasteiger partial charge in [-0.05, 0) is 42.3 Å². The van der Waals surface area contributed by atoms with Crippen molar-refractivity contribution in [2.24, 2.45) is 0 Å². The molecule has 1 N–H and O–H groups in total. The first kappa shape index (κ1) is 28.2. The summed E-state index contributed by atoms with van der Waals surface area (Å²) in [6.45, 7) is 2.22. The molecule has 2 aromatic carbocycles. The van der Waals surface area contributed by atoms with E-state index in [-0.39, 0.29) is 36.7 Å². The number of aromatic nitrogens is 1. The van der Waals surface area contributed by atoms with Gasteiger partial charge in [0.1, 0.15) is 27.8 Å². The van der Waals surface area contributed by atoms with Crippen molar-refractivity contribution in [2.75, 3.05) is 6.61 Å². The van der Waals surface area contributed by atoms with Crippen LogP contribution in [0.15, 0.2) is 82.3 Å². The summed E-state index contributed by atoms with van der Waals surface area (Å²) in [4.78, 5) is 27.8. The second kappa shape index (κ2) is 12.4. The van der Waals surface area contributed by atoms with Crippen molar-refractivity contribution < 1.29 is 22.7 Å². The van der Waals surface area contributed by atoms with Gasteiger partial charge in [0, 0.05) is 23.2 Å². The molecule has 39 heavy (non-hydrogen) atoms. The van der Waals surface area contributed by atoms with Crippen LogP contribution in [0.4, 0.5) is 8.78 Å². The number of halogens is 3. The maximum Gasteiger partial charge on any atom is 0.343 e. The van der Waals surface area contributed by atoms with E-state index in [2.05, 4.69) is 5.32 Å². The fourth-order valence-corrected chi connectivity index (χ4v) is 5.63. The molecular weight excluding hydrogens is 546 g/mol. The molecule has 0 spiro atoms. The van der Waals surface area contributed by atoms with Crippen LogP contribution < -0.4 is 10.7 Å². The van der Waals surface area contributed by atoms with Crippen LogP contribution in [-0.4, -0.2) is 17.1 Å². The minimum absolute atomic E-state index is 0. The normalized spacial score (nSPS) is 10.9. The lowest BCUT2D eigenvalue weighted by molar-refractivity contribution is 0.0524. The van der Waals surface area contributed by atoms with E-state index in [9.17, 15) is 18.4 Å². The van der Waals surface area contributed by atoms with Gasteiger partial charge in [-0.25, -0.2) is 13.6 Å². The van der Waals surface area contributed by atoms with Crippen molar-refractivity contribution >= 4 is 39.9 Å². The summed E-state index contributed by atoms with van der Waals surface area (Å²) >= 11 is 1.33. The summed E-state index contributed by atoms with van der Waals surface area (Å²) in [5.41, 5.74) is 0.711. The number of hydrogen-bond acceptors (Lipinski definition) is 6. The molecule has 0 atom stereocenters. The zero-order chi connectivity index (χ0) is 26.6. The molecule has 0 saturated heterocycles. The van der Waals surface area contributed by atoms with Crippen LogP contribution in [0, 0.1) is 11.6 Å². The Morgan fingerprint density at radius 2 is 1.74 bits per heavy atom. The van der Waals surface area contributed by atoms with Crippen molar-refractivity contribution in [2.45, 2.75) is 26.6 Å². The third kappa shape index (κ3) is 5.80. The number of thiophene rings is 1. The molecule has 0 aliphatic rings. The van der Waals surface area contributed by atoms with E-state index in [1.807, 2.05) is 36.4 Å². The monoisotopic (exact) mass is 570 g/mol. The SMILES string of the molecule is CCOC(=O)c1cn(Cc2c(F)cccc2F)c2sc(-c3ccccc3)c(CNCc3ccco3)c2c1=O.Cl. The minimum atomic E-state index is -0.788. The number of carbonyl (C=O) groups is 1. The molecule has 5 rings (SSSR count). The zero-order valence-corrected chi connectivity index (χ0v) is 22.5. The van der Waals surface area contributed by atoms with Crippen molar-refractivity contribution in [1.82, 2.24) is 9.88 Å². The average Bonchev–Trinajstić information content (AvgIpc) is 3.57. The van der Waals surface area contributed by atoms with E-state index >= 15 is 0 Å². The Labute approximate surface area is 233 Å². The highest BCUT2D eigenvalue weighted by Crippen LogP contribution is 2.38. The number of rotatable bonds is 9. The Morgan fingerprint density at radius 1 is 1.00 bits per heavy atom. The molecule has 10 heteroatoms. The van der Waals surface area contributed by atoms with Gasteiger partial charge >= 0.3 is 5.97 Å². The summed E-state index contributed by atoms with van der Waals surface area (Å²) < 4.78 is 41.4. The summed E-state index contributed by atoms with van der Waals surface area (Å²) in [5, 5.41) is 3.62. The fourth-order valence-electron chi connectivity index (χ4n) is 4.34. The van der Waals surface area contributed by atoms with Crippen LogP contribution in [0.1, 0.15) is 34.2 Å². The van der Waals surface area contributed by atoms with Crippen molar-refractivity contribution in [3.63, 3.8) is 0 Å². The fraction of sp³-hybridized carbons (Fsp3) is 0.172. The van der Waals surface area contributed by atoms with Gasteiger partial charge < -0.3 is 19.0 Å². The molecule has 202 valence electrons. The lowest BCUT2D eigenvalue weighted by Crippen LogP contribution is -2.22. The first-order chi connectivity index (χ1) is 18.5. The van der Waals surface area contributed by atoms with Gasteiger partial charge in [-0.3, -0.25) is 4.79 Å². The molecule has 0 unspecified atom stereocenters. The van der Waals surface area contributed by atoms with Gasteiger partial charge in [-0.2, -0.15) is 0 Å². The predicted octanol–water partition coefficient (Wildman–Crippen LogP) is 6.54. The molecule has 0 aliphatic carbocycles. The second-order valence-electron chi connectivity index (χ2n) is 8.56. The molecule has 3 heterocycles. The Morgan fingerprint density at radius 3 is 2.41 bits per heavy atom. The number of fused-ring (bicyclic) bond motifs is 1. The number of furan rings is 1. The third-order valence-electron chi connectivity index (χ3n) is 6.11. The molecule has 0 amide bonds. The van der Waals surface area contributed by atoms with E-state index < -0.39 is 23.0 Å². The second-order valence-corrected chi connectivity index (χ2v) is 9.56. The molecule has 0 saturated carbocycles. The maximum atomic E-state index is 14.6. The lowest BCUT2D eigenvalue weighted by atomic mass is 10.0. The Bertz CT molecular complexity index is 1630. The molecule has 6 nitrogen and oxygen atoms in total. The van der Waals surface area contributed by atoms with Crippen LogP contribution in [0.5, 0.6) is 0 Å². The van der Waals surface area contributed by atoms with E-state index in [0.717, 1.165) is 16.2 Å². The topological polar surface area (TPSA) is 73.5 Å². The third-order valence-corrected chi connectivity index (χ3v) is 7.43. The van der Waals surface area contributed by atoms with Crippen molar-refractivity contribution in [3.8, 4) is 10.4 Å². The first-order valence-electron chi connectivity index (χ1n) is 12.0. The van der Waals surface area contributed by atoms with Crippen molar-refractivity contribution in [1.29, 1.82) is 0 Å². The van der Waals surface area contributed by atoms with Crippen LogP contribution in [0.3, 0.4) is 0 Å². The van der Waals surface area contributed by atoms with Crippen LogP contribution in [0.25, 0.3) is 20.7 Å². The van der Waals surface area contributed by atoms with Gasteiger partial charge in [0.25, 0.3) is 0 Å². The number of benzene rings is 2. The van der Waals surface area contributed by atoms with E-state index in [0.29, 0.717) is 28.9 Å². The van der Waals surface area contributed by atoms with Crippen LogP contribution >= 0.6 is 23.7 Å². The predicted molar refractivity (Wildman–Crippen MR) is 149 cm³/mol.